The van der Waals surface area contributed by atoms with E-state index in [4.69, 9.17) is 0 Å². The Morgan fingerprint density at radius 3 is 2.83 bits per heavy atom. The maximum absolute atomic E-state index is 10.3. The predicted octanol–water partition coefficient (Wildman–Crippen LogP) is 1.44. The van der Waals surface area contributed by atoms with Gasteiger partial charge in [-0.3, -0.25) is 4.98 Å². The molecule has 3 rings (SSSR count). The van der Waals surface area contributed by atoms with E-state index in [0.717, 1.165) is 11.1 Å². The lowest BCUT2D eigenvalue weighted by atomic mass is 10.1. The van der Waals surface area contributed by atoms with Gasteiger partial charge in [-0.05, 0) is 35.0 Å². The van der Waals surface area contributed by atoms with Gasteiger partial charge in [-0.25, -0.2) is 4.68 Å². The van der Waals surface area contributed by atoms with Gasteiger partial charge in [-0.2, -0.15) is 0 Å². The highest BCUT2D eigenvalue weighted by Gasteiger charge is 2.14. The van der Waals surface area contributed by atoms with Crippen molar-refractivity contribution in [2.24, 2.45) is 7.05 Å². The molecular weight excluding hydrogens is 230 g/mol. The van der Waals surface area contributed by atoms with Crippen LogP contribution < -0.4 is 0 Å². The van der Waals surface area contributed by atoms with E-state index >= 15 is 0 Å². The van der Waals surface area contributed by atoms with Gasteiger partial charge in [0.1, 0.15) is 5.75 Å². The minimum atomic E-state index is 0.151. The third kappa shape index (κ3) is 1.50. The average Bonchev–Trinajstić information content (AvgIpc) is 2.76. The van der Waals surface area contributed by atoms with E-state index in [9.17, 15) is 5.11 Å². The number of hydrogen-bond donors (Lipinski definition) is 1. The lowest BCUT2D eigenvalue weighted by Crippen LogP contribution is -1.96. The van der Waals surface area contributed by atoms with E-state index in [0.29, 0.717) is 16.8 Å². The van der Waals surface area contributed by atoms with Gasteiger partial charge in [0.15, 0.2) is 5.82 Å². The maximum atomic E-state index is 10.3. The summed E-state index contributed by atoms with van der Waals surface area (Å²) in [6.07, 6.45) is 1.59. The molecule has 0 atom stereocenters. The van der Waals surface area contributed by atoms with Crippen LogP contribution >= 0.6 is 0 Å². The largest absolute Gasteiger partial charge is 0.506 e. The molecule has 0 unspecified atom stereocenters. The summed E-state index contributed by atoms with van der Waals surface area (Å²) in [5.41, 5.74) is 2.38. The molecule has 0 aliphatic rings. The van der Waals surface area contributed by atoms with E-state index in [1.165, 1.54) is 4.68 Å². The molecule has 0 saturated carbocycles. The number of fused-ring (bicyclic) bond motifs is 1. The van der Waals surface area contributed by atoms with Gasteiger partial charge in [0.05, 0.1) is 11.1 Å². The third-order valence-corrected chi connectivity index (χ3v) is 2.86. The molecule has 90 valence electrons. The molecule has 0 aliphatic carbocycles. The molecule has 0 spiro atoms. The summed E-state index contributed by atoms with van der Waals surface area (Å²) in [5.74, 6) is 0.639. The molecule has 0 radical (unpaired) electrons. The number of pyridine rings is 1. The molecule has 0 fully saturated rings. The van der Waals surface area contributed by atoms with Gasteiger partial charge < -0.3 is 5.11 Å². The first-order chi connectivity index (χ1) is 8.66. The van der Waals surface area contributed by atoms with E-state index in [-0.39, 0.29) is 5.75 Å². The normalized spacial score (nSPS) is 11.0. The van der Waals surface area contributed by atoms with Gasteiger partial charge in [-0.1, -0.05) is 6.07 Å². The Morgan fingerprint density at radius 1 is 1.28 bits per heavy atom. The van der Waals surface area contributed by atoms with E-state index in [1.807, 2.05) is 25.1 Å². The fraction of sp³-hybridized carbons (Fsp3) is 0.167. The smallest absolute Gasteiger partial charge is 0.187 e. The van der Waals surface area contributed by atoms with E-state index in [1.54, 1.807) is 13.2 Å². The summed E-state index contributed by atoms with van der Waals surface area (Å²) in [7, 11) is 1.72. The van der Waals surface area contributed by atoms with Crippen molar-refractivity contribution < 1.29 is 5.11 Å². The topological polar surface area (TPSA) is 76.7 Å². The molecule has 6 nitrogen and oxygen atoms in total. The van der Waals surface area contributed by atoms with Gasteiger partial charge in [0.2, 0.25) is 0 Å². The van der Waals surface area contributed by atoms with Crippen molar-refractivity contribution in [3.05, 3.63) is 30.0 Å². The molecule has 2 heterocycles. The SMILES string of the molecule is Cc1ccc2c(O)c(-c3nnnn3C)cnc2c1. The Bertz CT molecular complexity index is 734. The van der Waals surface area contributed by atoms with Crippen LogP contribution in [0.4, 0.5) is 0 Å². The Hall–Kier alpha value is -2.50. The quantitative estimate of drug-likeness (QED) is 0.697. The Labute approximate surface area is 103 Å². The summed E-state index contributed by atoms with van der Waals surface area (Å²) in [5, 5.41) is 22.2. The van der Waals surface area contributed by atoms with Crippen LogP contribution in [0.25, 0.3) is 22.3 Å². The van der Waals surface area contributed by atoms with Crippen molar-refractivity contribution in [3.8, 4) is 17.1 Å². The molecule has 2 aromatic heterocycles. The molecule has 0 amide bonds. The number of rotatable bonds is 1. The maximum Gasteiger partial charge on any atom is 0.187 e. The molecule has 18 heavy (non-hydrogen) atoms. The fourth-order valence-electron chi connectivity index (χ4n) is 1.91. The van der Waals surface area contributed by atoms with Crippen molar-refractivity contribution in [2.75, 3.05) is 0 Å². The average molecular weight is 241 g/mol. The van der Waals surface area contributed by atoms with Crippen molar-refractivity contribution in [3.63, 3.8) is 0 Å². The van der Waals surface area contributed by atoms with Crippen LogP contribution in [0.2, 0.25) is 0 Å². The lowest BCUT2D eigenvalue weighted by molar-refractivity contribution is 0.482. The molecule has 6 heteroatoms. The second-order valence-corrected chi connectivity index (χ2v) is 4.17. The summed E-state index contributed by atoms with van der Waals surface area (Å²) in [6.45, 7) is 1.98. The minimum Gasteiger partial charge on any atom is -0.506 e. The predicted molar refractivity (Wildman–Crippen MR) is 65.9 cm³/mol. The number of aryl methyl sites for hydroxylation is 2. The summed E-state index contributed by atoms with van der Waals surface area (Å²) in [4.78, 5) is 4.33. The zero-order valence-electron chi connectivity index (χ0n) is 9.99. The van der Waals surface area contributed by atoms with Crippen molar-refractivity contribution in [2.45, 2.75) is 6.92 Å². The van der Waals surface area contributed by atoms with Crippen LogP contribution in [0.5, 0.6) is 5.75 Å². The van der Waals surface area contributed by atoms with Crippen molar-refractivity contribution in [1.82, 2.24) is 25.2 Å². The lowest BCUT2D eigenvalue weighted by Gasteiger charge is -2.06. The van der Waals surface area contributed by atoms with Crippen LogP contribution in [-0.2, 0) is 7.05 Å². The molecule has 1 N–H and O–H groups in total. The molecule has 1 aromatic carbocycles. The highest BCUT2D eigenvalue weighted by atomic mass is 16.3. The Kier molecular flexibility index (Phi) is 2.22. The number of aromatic nitrogens is 5. The van der Waals surface area contributed by atoms with E-state index in [2.05, 4.69) is 20.5 Å². The number of hydrogen-bond acceptors (Lipinski definition) is 5. The van der Waals surface area contributed by atoms with Gasteiger partial charge in [0.25, 0.3) is 0 Å². The van der Waals surface area contributed by atoms with Crippen LogP contribution in [0, 0.1) is 6.92 Å². The molecule has 0 aliphatic heterocycles. The number of benzene rings is 1. The van der Waals surface area contributed by atoms with E-state index < -0.39 is 0 Å². The minimum absolute atomic E-state index is 0.151. The van der Waals surface area contributed by atoms with Gasteiger partial charge in [-0.15, -0.1) is 5.10 Å². The molecule has 0 saturated heterocycles. The van der Waals surface area contributed by atoms with Crippen molar-refractivity contribution >= 4 is 10.9 Å². The summed E-state index contributed by atoms with van der Waals surface area (Å²) in [6, 6.07) is 5.70. The highest BCUT2D eigenvalue weighted by molar-refractivity contribution is 5.90. The Morgan fingerprint density at radius 2 is 2.11 bits per heavy atom. The van der Waals surface area contributed by atoms with Gasteiger partial charge in [0, 0.05) is 18.6 Å². The monoisotopic (exact) mass is 241 g/mol. The Balaban J connectivity index is 2.30. The summed E-state index contributed by atoms with van der Waals surface area (Å²) < 4.78 is 1.50. The highest BCUT2D eigenvalue weighted by Crippen LogP contribution is 2.33. The molecular formula is C12H11N5O. The fourth-order valence-corrected chi connectivity index (χ4v) is 1.91. The number of aromatic hydroxyl groups is 1. The van der Waals surface area contributed by atoms with Crippen LogP contribution in [0.1, 0.15) is 5.56 Å². The third-order valence-electron chi connectivity index (χ3n) is 2.86. The summed E-state index contributed by atoms with van der Waals surface area (Å²) >= 11 is 0. The number of nitrogens with zero attached hydrogens (tertiary/aromatic N) is 5. The number of tetrazole rings is 1. The molecule has 0 bridgehead atoms. The zero-order valence-corrected chi connectivity index (χ0v) is 9.99. The van der Waals surface area contributed by atoms with Crippen molar-refractivity contribution in [1.29, 1.82) is 0 Å². The first kappa shape index (κ1) is 10.6. The second-order valence-electron chi connectivity index (χ2n) is 4.17. The molecule has 3 aromatic rings. The second kappa shape index (κ2) is 3.76. The first-order valence-corrected chi connectivity index (χ1v) is 5.48. The van der Waals surface area contributed by atoms with Crippen LogP contribution in [0.15, 0.2) is 24.4 Å². The van der Waals surface area contributed by atoms with Crippen LogP contribution in [0.3, 0.4) is 0 Å². The van der Waals surface area contributed by atoms with Crippen LogP contribution in [-0.4, -0.2) is 30.3 Å². The zero-order chi connectivity index (χ0) is 12.7. The van der Waals surface area contributed by atoms with Gasteiger partial charge >= 0.3 is 0 Å². The first-order valence-electron chi connectivity index (χ1n) is 5.48. The standard InChI is InChI=1S/C12H11N5O/c1-7-3-4-8-10(5-7)13-6-9(11(8)18)12-14-15-16-17(12)2/h3-6H,1-2H3,(H,13,18).